The molecule has 0 aliphatic carbocycles. The highest BCUT2D eigenvalue weighted by Gasteiger charge is 2.31. The lowest BCUT2D eigenvalue weighted by molar-refractivity contribution is -0.162. The Hall–Kier alpha value is -0.640. The van der Waals surface area contributed by atoms with Crippen molar-refractivity contribution in [2.75, 3.05) is 7.11 Å². The summed E-state index contributed by atoms with van der Waals surface area (Å²) in [7, 11) is 1.61. The molecule has 2 unspecified atom stereocenters. The Labute approximate surface area is 85.0 Å². The first-order chi connectivity index (χ1) is 6.60. The van der Waals surface area contributed by atoms with Crippen LogP contribution in [-0.4, -0.2) is 30.7 Å². The molecule has 1 aliphatic heterocycles. The molecule has 0 saturated heterocycles. The summed E-state index contributed by atoms with van der Waals surface area (Å²) in [4.78, 5) is 0. The Balaban J connectivity index is 2.77. The first-order valence-electron chi connectivity index (χ1n) is 4.77. The van der Waals surface area contributed by atoms with Gasteiger partial charge in [-0.1, -0.05) is 19.1 Å². The second-order valence-electron chi connectivity index (χ2n) is 3.66. The van der Waals surface area contributed by atoms with Crippen molar-refractivity contribution in [3.63, 3.8) is 0 Å². The number of ether oxygens (including phenoxy) is 2. The summed E-state index contributed by atoms with van der Waals surface area (Å²) in [5.41, 5.74) is 0.854. The van der Waals surface area contributed by atoms with Gasteiger partial charge in [0.25, 0.3) is 0 Å². The van der Waals surface area contributed by atoms with Gasteiger partial charge >= 0.3 is 0 Å². The summed E-state index contributed by atoms with van der Waals surface area (Å²) in [5.74, 6) is 0.223. The fourth-order valence-electron chi connectivity index (χ4n) is 1.71. The Morgan fingerprint density at radius 3 is 2.86 bits per heavy atom. The van der Waals surface area contributed by atoms with E-state index >= 15 is 0 Å². The van der Waals surface area contributed by atoms with Crippen LogP contribution in [0.3, 0.4) is 0 Å². The summed E-state index contributed by atoms with van der Waals surface area (Å²) in [5, 5.41) is 9.53. The summed E-state index contributed by atoms with van der Waals surface area (Å²) >= 11 is 0. The third-order valence-electron chi connectivity index (χ3n) is 2.55. The Morgan fingerprint density at radius 2 is 2.36 bits per heavy atom. The van der Waals surface area contributed by atoms with Crippen molar-refractivity contribution in [2.45, 2.75) is 32.3 Å². The fourth-order valence-corrected chi connectivity index (χ4v) is 1.71. The molecule has 0 aromatic rings. The van der Waals surface area contributed by atoms with Crippen LogP contribution >= 0.6 is 0 Å². The molecule has 0 fully saturated rings. The standard InChI is InChI=1S/C11H18O3/c1-5-9(13-4)10-7(2)6-8(3)11(12)14-10/h5-7,9-12H,1H2,2-4H3/t7-,9+,10?,11?/m1/s1. The van der Waals surface area contributed by atoms with Crippen LogP contribution in [0.5, 0.6) is 0 Å². The Bertz CT molecular complexity index is 235. The number of hydrogen-bond donors (Lipinski definition) is 1. The average molecular weight is 198 g/mol. The SMILES string of the molecule is C=C[C@H](OC)C1OC(O)C(C)=C[C@H]1C. The second-order valence-corrected chi connectivity index (χ2v) is 3.66. The van der Waals surface area contributed by atoms with Crippen molar-refractivity contribution < 1.29 is 14.6 Å². The smallest absolute Gasteiger partial charge is 0.177 e. The monoisotopic (exact) mass is 198 g/mol. The lowest BCUT2D eigenvalue weighted by Crippen LogP contribution is -2.40. The number of hydrogen-bond acceptors (Lipinski definition) is 3. The normalized spacial score (nSPS) is 34.9. The summed E-state index contributed by atoms with van der Waals surface area (Å²) < 4.78 is 10.7. The van der Waals surface area contributed by atoms with E-state index in [4.69, 9.17) is 9.47 Å². The molecule has 3 nitrogen and oxygen atoms in total. The predicted octanol–water partition coefficient (Wildman–Crippen LogP) is 1.49. The maximum atomic E-state index is 9.53. The Kier molecular flexibility index (Phi) is 3.86. The van der Waals surface area contributed by atoms with Crippen molar-refractivity contribution in [3.8, 4) is 0 Å². The van der Waals surface area contributed by atoms with E-state index in [0.29, 0.717) is 0 Å². The molecule has 4 atom stereocenters. The van der Waals surface area contributed by atoms with E-state index in [9.17, 15) is 5.11 Å². The van der Waals surface area contributed by atoms with E-state index < -0.39 is 6.29 Å². The molecule has 0 amide bonds. The number of aliphatic hydroxyl groups excluding tert-OH is 1. The molecule has 0 spiro atoms. The van der Waals surface area contributed by atoms with Crippen LogP contribution in [0, 0.1) is 5.92 Å². The summed E-state index contributed by atoms with van der Waals surface area (Å²) in [6, 6.07) is 0. The largest absolute Gasteiger partial charge is 0.375 e. The van der Waals surface area contributed by atoms with E-state index in [0.717, 1.165) is 5.57 Å². The van der Waals surface area contributed by atoms with Gasteiger partial charge in [0.15, 0.2) is 6.29 Å². The number of methoxy groups -OCH3 is 1. The maximum Gasteiger partial charge on any atom is 0.177 e. The van der Waals surface area contributed by atoms with Gasteiger partial charge in [-0.15, -0.1) is 6.58 Å². The van der Waals surface area contributed by atoms with Crippen LogP contribution in [0.1, 0.15) is 13.8 Å². The third kappa shape index (κ3) is 2.23. The third-order valence-corrected chi connectivity index (χ3v) is 2.55. The molecular weight excluding hydrogens is 180 g/mol. The van der Waals surface area contributed by atoms with Gasteiger partial charge in [-0.2, -0.15) is 0 Å². The number of aliphatic hydroxyl groups is 1. The van der Waals surface area contributed by atoms with Crippen molar-refractivity contribution in [3.05, 3.63) is 24.3 Å². The van der Waals surface area contributed by atoms with Crippen molar-refractivity contribution in [2.24, 2.45) is 5.92 Å². The topological polar surface area (TPSA) is 38.7 Å². The van der Waals surface area contributed by atoms with E-state index in [1.165, 1.54) is 0 Å². The van der Waals surface area contributed by atoms with Crippen LogP contribution in [-0.2, 0) is 9.47 Å². The zero-order valence-corrected chi connectivity index (χ0v) is 8.93. The summed E-state index contributed by atoms with van der Waals surface area (Å²) in [6.45, 7) is 7.57. The molecule has 1 rings (SSSR count). The van der Waals surface area contributed by atoms with Crippen molar-refractivity contribution in [1.29, 1.82) is 0 Å². The van der Waals surface area contributed by atoms with E-state index in [1.54, 1.807) is 13.2 Å². The van der Waals surface area contributed by atoms with Crippen LogP contribution in [0.4, 0.5) is 0 Å². The summed E-state index contributed by atoms with van der Waals surface area (Å²) in [6.07, 6.45) is 2.56. The van der Waals surface area contributed by atoms with Crippen molar-refractivity contribution in [1.82, 2.24) is 0 Å². The first kappa shape index (κ1) is 11.4. The zero-order chi connectivity index (χ0) is 10.7. The molecule has 14 heavy (non-hydrogen) atoms. The highest BCUT2D eigenvalue weighted by atomic mass is 16.6. The Morgan fingerprint density at radius 1 is 1.71 bits per heavy atom. The molecule has 0 saturated carbocycles. The zero-order valence-electron chi connectivity index (χ0n) is 8.93. The lowest BCUT2D eigenvalue weighted by atomic mass is 9.94. The molecule has 0 radical (unpaired) electrons. The van der Waals surface area contributed by atoms with Crippen LogP contribution < -0.4 is 0 Å². The van der Waals surface area contributed by atoms with Crippen LogP contribution in [0.15, 0.2) is 24.3 Å². The van der Waals surface area contributed by atoms with Gasteiger partial charge in [-0.05, 0) is 12.5 Å². The van der Waals surface area contributed by atoms with Crippen LogP contribution in [0.2, 0.25) is 0 Å². The van der Waals surface area contributed by atoms with Gasteiger partial charge in [0.1, 0.15) is 6.10 Å². The fraction of sp³-hybridized carbons (Fsp3) is 0.636. The van der Waals surface area contributed by atoms with E-state index in [1.807, 2.05) is 19.9 Å². The molecule has 0 bridgehead atoms. The molecule has 80 valence electrons. The second kappa shape index (κ2) is 4.73. The number of rotatable bonds is 3. The van der Waals surface area contributed by atoms with Gasteiger partial charge in [-0.25, -0.2) is 0 Å². The molecular formula is C11H18O3. The van der Waals surface area contributed by atoms with Gasteiger partial charge in [0.2, 0.25) is 0 Å². The molecule has 1 heterocycles. The predicted molar refractivity (Wildman–Crippen MR) is 54.8 cm³/mol. The average Bonchev–Trinajstić information content (AvgIpc) is 2.15. The van der Waals surface area contributed by atoms with Crippen LogP contribution in [0.25, 0.3) is 0 Å². The molecule has 0 aromatic carbocycles. The molecule has 3 heteroatoms. The van der Waals surface area contributed by atoms with Crippen molar-refractivity contribution >= 4 is 0 Å². The highest BCUT2D eigenvalue weighted by molar-refractivity contribution is 5.10. The lowest BCUT2D eigenvalue weighted by Gasteiger charge is -2.34. The van der Waals surface area contributed by atoms with Gasteiger partial charge < -0.3 is 14.6 Å². The minimum Gasteiger partial charge on any atom is -0.375 e. The maximum absolute atomic E-state index is 9.53. The van der Waals surface area contributed by atoms with Gasteiger partial charge in [-0.3, -0.25) is 0 Å². The minimum atomic E-state index is -0.811. The van der Waals surface area contributed by atoms with E-state index in [-0.39, 0.29) is 18.1 Å². The molecule has 0 aromatic heterocycles. The van der Waals surface area contributed by atoms with Gasteiger partial charge in [0, 0.05) is 13.0 Å². The van der Waals surface area contributed by atoms with E-state index in [2.05, 4.69) is 6.58 Å². The highest BCUT2D eigenvalue weighted by Crippen LogP contribution is 2.25. The van der Waals surface area contributed by atoms with Gasteiger partial charge in [0.05, 0.1) is 6.10 Å². The molecule has 1 N–H and O–H groups in total. The molecule has 1 aliphatic rings. The first-order valence-corrected chi connectivity index (χ1v) is 4.77. The quantitative estimate of drug-likeness (QED) is 0.698. The minimum absolute atomic E-state index is 0.156.